The third-order valence-corrected chi connectivity index (χ3v) is 6.32. The zero-order chi connectivity index (χ0) is 17.5. The van der Waals surface area contributed by atoms with Gasteiger partial charge in [0.05, 0.1) is 11.3 Å². The number of rotatable bonds is 4. The lowest BCUT2D eigenvalue weighted by Gasteiger charge is -2.27. The van der Waals surface area contributed by atoms with Crippen molar-refractivity contribution in [2.75, 3.05) is 13.1 Å². The summed E-state index contributed by atoms with van der Waals surface area (Å²) in [5, 5.41) is 4.31. The maximum Gasteiger partial charge on any atom is 0.273 e. The van der Waals surface area contributed by atoms with Gasteiger partial charge in [-0.25, -0.2) is 5.43 Å². The van der Waals surface area contributed by atoms with E-state index in [1.54, 1.807) is 0 Å². The average Bonchev–Trinajstić information content (AvgIpc) is 3.37. The number of carbonyl (C=O) groups is 1. The molecule has 0 bridgehead atoms. The summed E-state index contributed by atoms with van der Waals surface area (Å²) in [6.45, 7) is 3.42. The van der Waals surface area contributed by atoms with E-state index in [-0.39, 0.29) is 5.91 Å². The predicted molar refractivity (Wildman–Crippen MR) is 103 cm³/mol. The normalized spacial score (nSPS) is 25.3. The zero-order valence-electron chi connectivity index (χ0n) is 15.4. The predicted octanol–water partition coefficient (Wildman–Crippen LogP) is 3.16. The van der Waals surface area contributed by atoms with Crippen LogP contribution in [-0.4, -0.2) is 34.6 Å². The number of hydrazone groups is 1. The van der Waals surface area contributed by atoms with Crippen molar-refractivity contribution in [2.45, 2.75) is 64.3 Å². The fourth-order valence-corrected chi connectivity index (χ4v) is 4.72. The van der Waals surface area contributed by atoms with Gasteiger partial charge >= 0.3 is 0 Å². The Hall–Kier alpha value is -1.88. The number of H-pyrrole nitrogens is 1. The van der Waals surface area contributed by atoms with Crippen LogP contribution in [0.4, 0.5) is 0 Å². The van der Waals surface area contributed by atoms with Crippen molar-refractivity contribution in [1.29, 1.82) is 0 Å². The van der Waals surface area contributed by atoms with Crippen LogP contribution in [0.15, 0.2) is 10.7 Å². The summed E-state index contributed by atoms with van der Waals surface area (Å²) < 4.78 is 0. The first-order valence-electron chi connectivity index (χ1n) is 10.3. The summed E-state index contributed by atoms with van der Waals surface area (Å²) in [7, 11) is 0. The minimum Gasteiger partial charge on any atom is -0.358 e. The number of aromatic nitrogens is 1. The molecule has 1 saturated heterocycles. The van der Waals surface area contributed by atoms with Gasteiger partial charge in [0, 0.05) is 23.9 Å². The second kappa shape index (κ2) is 6.69. The van der Waals surface area contributed by atoms with Crippen molar-refractivity contribution in [1.82, 2.24) is 15.3 Å². The Kier molecular flexibility index (Phi) is 4.20. The van der Waals surface area contributed by atoms with Crippen molar-refractivity contribution in [3.63, 3.8) is 0 Å². The Morgan fingerprint density at radius 2 is 1.88 bits per heavy atom. The topological polar surface area (TPSA) is 60.5 Å². The lowest BCUT2D eigenvalue weighted by atomic mass is 9.93. The second-order valence-electron chi connectivity index (χ2n) is 8.29. The van der Waals surface area contributed by atoms with E-state index >= 15 is 0 Å². The lowest BCUT2D eigenvalue weighted by Crippen LogP contribution is -2.29. The van der Waals surface area contributed by atoms with E-state index in [2.05, 4.69) is 26.5 Å². The monoisotopic (exact) mass is 352 g/mol. The van der Waals surface area contributed by atoms with E-state index in [0.29, 0.717) is 5.92 Å². The van der Waals surface area contributed by atoms with Gasteiger partial charge in [0.1, 0.15) is 0 Å². The van der Waals surface area contributed by atoms with Crippen LogP contribution >= 0.6 is 0 Å². The van der Waals surface area contributed by atoms with Gasteiger partial charge in [0.2, 0.25) is 0 Å². The molecule has 5 nitrogen and oxygen atoms in total. The molecule has 0 aromatic carbocycles. The maximum atomic E-state index is 12.3. The number of nitrogens with zero attached hydrogens (tertiary/aromatic N) is 2. The number of likely N-dealkylation sites (tertiary alicyclic amines) is 1. The molecule has 3 heterocycles. The molecule has 1 saturated carbocycles. The summed E-state index contributed by atoms with van der Waals surface area (Å²) in [6, 6.07) is 0. The Bertz CT molecular complexity index is 778. The molecule has 2 aliphatic carbocycles. The molecular formula is C21H28N4O. The van der Waals surface area contributed by atoms with Crippen molar-refractivity contribution in [2.24, 2.45) is 11.0 Å². The van der Waals surface area contributed by atoms with Gasteiger partial charge in [0.15, 0.2) is 0 Å². The number of hydrogen-bond acceptors (Lipinski definition) is 3. The van der Waals surface area contributed by atoms with Crippen molar-refractivity contribution in [3.05, 3.63) is 28.1 Å². The first kappa shape index (κ1) is 16.3. The number of amides is 1. The number of carbonyl (C=O) groups excluding carboxylic acids is 1. The highest BCUT2D eigenvalue weighted by molar-refractivity contribution is 6.28. The van der Waals surface area contributed by atoms with Gasteiger partial charge in [-0.05, 0) is 81.7 Å². The quantitative estimate of drug-likeness (QED) is 0.818. The van der Waals surface area contributed by atoms with Crippen LogP contribution in [0.25, 0.3) is 6.08 Å². The lowest BCUT2D eigenvalue weighted by molar-refractivity contribution is -0.116. The van der Waals surface area contributed by atoms with Crippen molar-refractivity contribution < 1.29 is 4.79 Å². The van der Waals surface area contributed by atoms with E-state index in [9.17, 15) is 4.79 Å². The first-order valence-corrected chi connectivity index (χ1v) is 10.3. The molecule has 0 radical (unpaired) electrons. The molecule has 0 atom stereocenters. The molecule has 26 heavy (non-hydrogen) atoms. The van der Waals surface area contributed by atoms with Crippen LogP contribution < -0.4 is 5.43 Å². The molecule has 138 valence electrons. The van der Waals surface area contributed by atoms with Crippen LogP contribution in [0, 0.1) is 5.92 Å². The number of hydrogen-bond donors (Lipinski definition) is 2. The molecule has 0 unspecified atom stereocenters. The van der Waals surface area contributed by atoms with Gasteiger partial charge in [-0.15, -0.1) is 0 Å². The van der Waals surface area contributed by atoms with Crippen molar-refractivity contribution >= 4 is 17.7 Å². The fourth-order valence-electron chi connectivity index (χ4n) is 4.72. The molecular weight excluding hydrogens is 324 g/mol. The minimum atomic E-state index is -0.0385. The summed E-state index contributed by atoms with van der Waals surface area (Å²) >= 11 is 0. The molecule has 2 fully saturated rings. The van der Waals surface area contributed by atoms with Crippen LogP contribution in [0.5, 0.6) is 0 Å². The fraction of sp³-hybridized carbons (Fsp3) is 0.619. The number of aryl methyl sites for hydroxylation is 1. The van der Waals surface area contributed by atoms with Gasteiger partial charge in [-0.1, -0.05) is 6.42 Å². The molecule has 4 aliphatic rings. The first-order chi connectivity index (χ1) is 12.8. The van der Waals surface area contributed by atoms with Gasteiger partial charge < -0.3 is 4.98 Å². The molecule has 5 heteroatoms. The highest BCUT2D eigenvalue weighted by Gasteiger charge is 2.36. The Balaban J connectivity index is 1.51. The molecule has 1 aromatic heterocycles. The molecule has 2 N–H and O–H groups in total. The third kappa shape index (κ3) is 3.02. The third-order valence-electron chi connectivity index (χ3n) is 6.32. The smallest absolute Gasteiger partial charge is 0.273 e. The number of nitrogens with one attached hydrogen (secondary N) is 2. The summed E-state index contributed by atoms with van der Waals surface area (Å²) in [4.78, 5) is 18.6. The number of piperidine rings is 1. The zero-order valence-corrected chi connectivity index (χ0v) is 15.4. The Morgan fingerprint density at radius 3 is 2.69 bits per heavy atom. The van der Waals surface area contributed by atoms with Crippen LogP contribution in [0.1, 0.15) is 67.5 Å². The van der Waals surface area contributed by atoms with Gasteiger partial charge in [0.25, 0.3) is 5.91 Å². The van der Waals surface area contributed by atoms with Gasteiger partial charge in [-0.2, -0.15) is 5.10 Å². The van der Waals surface area contributed by atoms with E-state index in [0.717, 1.165) is 42.8 Å². The Labute approximate surface area is 154 Å². The summed E-state index contributed by atoms with van der Waals surface area (Å²) in [6.07, 6.45) is 13.3. The van der Waals surface area contributed by atoms with Crippen LogP contribution in [0.2, 0.25) is 0 Å². The summed E-state index contributed by atoms with van der Waals surface area (Å²) in [5.74, 6) is 0.443. The summed E-state index contributed by atoms with van der Waals surface area (Å²) in [5.41, 5.74) is 9.96. The van der Waals surface area contributed by atoms with Crippen molar-refractivity contribution in [3.8, 4) is 0 Å². The Morgan fingerprint density at radius 1 is 1.08 bits per heavy atom. The number of aromatic amines is 1. The van der Waals surface area contributed by atoms with E-state index < -0.39 is 0 Å². The van der Waals surface area contributed by atoms with Crippen LogP contribution in [-0.2, 0) is 24.2 Å². The SMILES string of the molecule is O=C1NN=C(C2CC2)C1=Cc1[nH]c2c(c1CN1CCCCC1)CCCC2. The van der Waals surface area contributed by atoms with Crippen LogP contribution in [0.3, 0.4) is 0 Å². The molecule has 2 aliphatic heterocycles. The largest absolute Gasteiger partial charge is 0.358 e. The molecule has 5 rings (SSSR count). The van der Waals surface area contributed by atoms with Gasteiger partial charge in [-0.3, -0.25) is 9.69 Å². The van der Waals surface area contributed by atoms with E-state index in [1.165, 1.54) is 68.4 Å². The average molecular weight is 352 g/mol. The minimum absolute atomic E-state index is 0.0385. The maximum absolute atomic E-state index is 12.3. The molecule has 1 amide bonds. The highest BCUT2D eigenvalue weighted by Crippen LogP contribution is 2.36. The van der Waals surface area contributed by atoms with E-state index in [4.69, 9.17) is 0 Å². The molecule has 1 aromatic rings. The highest BCUT2D eigenvalue weighted by atomic mass is 16.2. The second-order valence-corrected chi connectivity index (χ2v) is 8.29. The number of fused-ring (bicyclic) bond motifs is 1. The molecule has 0 spiro atoms. The van der Waals surface area contributed by atoms with E-state index in [1.807, 2.05) is 0 Å². The standard InChI is InChI=1S/C21H28N4O/c26-21-16(20(23-24-21)14-8-9-14)12-19-17(13-25-10-4-1-5-11-25)15-6-2-3-7-18(15)22-19/h12,14,22H,1-11,13H2,(H,24,26).